The van der Waals surface area contributed by atoms with Gasteiger partial charge in [-0.3, -0.25) is 9.59 Å². The van der Waals surface area contributed by atoms with Gasteiger partial charge in [0.1, 0.15) is 12.2 Å². The number of carboxylic acids is 2. The van der Waals surface area contributed by atoms with Crippen LogP contribution >= 0.6 is 0 Å². The molecule has 1 fully saturated rings. The maximum Gasteiger partial charge on any atom is 0.345 e. The van der Waals surface area contributed by atoms with Crippen molar-refractivity contribution in [3.8, 4) is 34.5 Å². The number of aliphatic hydroxyl groups is 3. The maximum absolute atomic E-state index is 13.6. The maximum atomic E-state index is 13.6. The molecule has 0 bridgehead atoms. The summed E-state index contributed by atoms with van der Waals surface area (Å²) in [4.78, 5) is 62.7. The lowest BCUT2D eigenvalue weighted by Gasteiger charge is -2.42. The summed E-state index contributed by atoms with van der Waals surface area (Å²) < 4.78 is 20.2. The monoisotopic (exact) mass is 670 g/mol. The van der Waals surface area contributed by atoms with Crippen LogP contribution in [0.1, 0.15) is 38.6 Å². The third-order valence-corrected chi connectivity index (χ3v) is 7.38. The Labute approximate surface area is 260 Å². The molecule has 0 aliphatic carbocycles. The Morgan fingerprint density at radius 1 is 0.830 bits per heavy atom. The van der Waals surface area contributed by atoms with Crippen LogP contribution in [0.5, 0.6) is 34.5 Å². The van der Waals surface area contributed by atoms with E-state index in [0.29, 0.717) is 18.2 Å². The lowest BCUT2D eigenvalue weighted by Crippen LogP contribution is -2.61. The van der Waals surface area contributed by atoms with Crippen LogP contribution < -0.4 is 0 Å². The van der Waals surface area contributed by atoms with Crippen LogP contribution in [0.4, 0.5) is 0 Å². The molecule has 1 saturated heterocycles. The summed E-state index contributed by atoms with van der Waals surface area (Å²) >= 11 is 0. The number of aliphatic hydroxyl groups excluding tert-OH is 3. The zero-order valence-corrected chi connectivity index (χ0v) is 23.4. The quantitative estimate of drug-likeness (QED) is 0.0774. The number of aromatic hydroxyl groups is 6. The molecule has 0 aromatic heterocycles. The SMILES string of the molecule is O=C(O)CC(C(=O)O[C@@H]1[C@@H](O)[C@H](OC(=O)c2cc(O)c(O)c(O)c2)O[C@H](CO)[C@H]1O)[C@H]1c2c(cc(O)c(O)c2O)C(=O)O[C@@H]1C(=O)O. The first-order valence-corrected chi connectivity index (χ1v) is 13.2. The number of hydrogen-bond donors (Lipinski definition) is 11. The number of fused-ring (bicyclic) bond motifs is 1. The minimum Gasteiger partial charge on any atom is -0.504 e. The zero-order chi connectivity index (χ0) is 35.1. The standard InChI is InChI=1S/C27H26O20/c28-5-12-18(36)22(20(38)27(44-12)47-24(41)6-1-9(29)16(34)10(30)2-6)46-26(43)8(4-13(32)33)15-14-7(3-11(31)17(35)19(14)37)25(42)45-21(15)23(39)40/h1-3,8,12,15,18,20-22,27-31,34-38H,4-5H2,(H,32,33)(H,39,40)/t8?,12-,15+,18-,20-,21+,22+,27+/m1/s1. The van der Waals surface area contributed by atoms with Crippen LogP contribution in [0.3, 0.4) is 0 Å². The molecule has 2 aromatic rings. The summed E-state index contributed by atoms with van der Waals surface area (Å²) in [6.45, 7) is -1.06. The van der Waals surface area contributed by atoms with Gasteiger partial charge < -0.3 is 75.1 Å². The summed E-state index contributed by atoms with van der Waals surface area (Å²) in [7, 11) is 0. The number of phenolic OH excluding ortho intramolecular Hbond substituents is 6. The number of benzene rings is 2. The highest BCUT2D eigenvalue weighted by atomic mass is 16.7. The summed E-state index contributed by atoms with van der Waals surface area (Å²) in [5, 5.41) is 110. The Morgan fingerprint density at radius 3 is 1.98 bits per heavy atom. The van der Waals surface area contributed by atoms with E-state index < -0.39 is 143 Å². The van der Waals surface area contributed by atoms with Crippen molar-refractivity contribution in [2.75, 3.05) is 6.61 Å². The van der Waals surface area contributed by atoms with E-state index in [1.54, 1.807) is 0 Å². The van der Waals surface area contributed by atoms with Crippen molar-refractivity contribution < 1.29 is 99.1 Å². The molecular formula is C27H26O20. The number of phenols is 6. The molecule has 254 valence electrons. The Balaban J connectivity index is 1.70. The molecule has 0 radical (unpaired) electrons. The largest absolute Gasteiger partial charge is 0.504 e. The fraction of sp³-hybridized carbons (Fsp3) is 0.370. The summed E-state index contributed by atoms with van der Waals surface area (Å²) in [6, 6.07) is 1.87. The van der Waals surface area contributed by atoms with Crippen molar-refractivity contribution in [1.29, 1.82) is 0 Å². The Hall–Kier alpha value is -5.57. The highest BCUT2D eigenvalue weighted by molar-refractivity contribution is 5.98. The molecule has 0 saturated carbocycles. The number of cyclic esters (lactones) is 1. The van der Waals surface area contributed by atoms with E-state index in [2.05, 4.69) is 0 Å². The van der Waals surface area contributed by atoms with Gasteiger partial charge >= 0.3 is 29.8 Å². The van der Waals surface area contributed by atoms with Crippen LogP contribution in [0.2, 0.25) is 0 Å². The van der Waals surface area contributed by atoms with Gasteiger partial charge in [0.15, 0.2) is 41.0 Å². The molecule has 11 N–H and O–H groups in total. The highest BCUT2D eigenvalue weighted by Crippen LogP contribution is 2.50. The molecule has 0 amide bonds. The van der Waals surface area contributed by atoms with Crippen LogP contribution in [0, 0.1) is 5.92 Å². The molecule has 2 aliphatic rings. The fourth-order valence-electron chi connectivity index (χ4n) is 5.14. The predicted molar refractivity (Wildman–Crippen MR) is 141 cm³/mol. The minimum absolute atomic E-state index is 0.561. The van der Waals surface area contributed by atoms with Gasteiger partial charge in [-0.25, -0.2) is 14.4 Å². The highest BCUT2D eigenvalue weighted by Gasteiger charge is 2.53. The molecular weight excluding hydrogens is 644 g/mol. The van der Waals surface area contributed by atoms with Crippen LogP contribution in [-0.4, -0.2) is 129 Å². The molecule has 1 unspecified atom stereocenters. The summed E-state index contributed by atoms with van der Waals surface area (Å²) in [6.07, 6.45) is -14.3. The number of carbonyl (C=O) groups is 5. The molecule has 0 spiro atoms. The number of esters is 3. The van der Waals surface area contributed by atoms with E-state index in [9.17, 15) is 80.1 Å². The first kappa shape index (κ1) is 34.3. The second kappa shape index (κ2) is 13.0. The second-order valence-corrected chi connectivity index (χ2v) is 10.3. The van der Waals surface area contributed by atoms with E-state index >= 15 is 0 Å². The summed E-state index contributed by atoms with van der Waals surface area (Å²) in [5.74, 6) is -19.2. The van der Waals surface area contributed by atoms with Gasteiger partial charge in [0, 0.05) is 5.56 Å². The molecule has 47 heavy (non-hydrogen) atoms. The van der Waals surface area contributed by atoms with Crippen molar-refractivity contribution >= 4 is 29.8 Å². The normalized spacial score (nSPS) is 25.9. The molecule has 20 heteroatoms. The summed E-state index contributed by atoms with van der Waals surface area (Å²) in [5.41, 5.74) is -2.18. The predicted octanol–water partition coefficient (Wildman–Crippen LogP) is -2.07. The molecule has 2 heterocycles. The van der Waals surface area contributed by atoms with Crippen LogP contribution in [0.25, 0.3) is 0 Å². The van der Waals surface area contributed by atoms with Crippen LogP contribution in [0.15, 0.2) is 18.2 Å². The number of carbonyl (C=O) groups excluding carboxylic acids is 3. The third kappa shape index (κ3) is 6.42. The van der Waals surface area contributed by atoms with Crippen molar-refractivity contribution in [3.63, 3.8) is 0 Å². The van der Waals surface area contributed by atoms with E-state index in [1.807, 2.05) is 0 Å². The minimum atomic E-state index is -2.40. The van der Waals surface area contributed by atoms with Crippen molar-refractivity contribution in [1.82, 2.24) is 0 Å². The smallest absolute Gasteiger partial charge is 0.345 e. The number of carboxylic acid groups (broad SMARTS) is 2. The van der Waals surface area contributed by atoms with Gasteiger partial charge in [-0.1, -0.05) is 0 Å². The van der Waals surface area contributed by atoms with Crippen LogP contribution in [-0.2, 0) is 33.3 Å². The van der Waals surface area contributed by atoms with Gasteiger partial charge in [-0.15, -0.1) is 0 Å². The number of hydrogen-bond acceptors (Lipinski definition) is 18. The number of aliphatic carboxylic acids is 2. The van der Waals surface area contributed by atoms with Gasteiger partial charge in [0.05, 0.1) is 36.0 Å². The number of ether oxygens (including phenoxy) is 4. The first-order chi connectivity index (χ1) is 22.0. The Kier molecular flexibility index (Phi) is 9.52. The molecule has 4 rings (SSSR count). The Morgan fingerprint density at radius 2 is 1.43 bits per heavy atom. The lowest BCUT2D eigenvalue weighted by molar-refractivity contribution is -0.289. The molecule has 2 aliphatic heterocycles. The van der Waals surface area contributed by atoms with Gasteiger partial charge in [0.25, 0.3) is 0 Å². The second-order valence-electron chi connectivity index (χ2n) is 10.3. The fourth-order valence-corrected chi connectivity index (χ4v) is 5.14. The van der Waals surface area contributed by atoms with Crippen molar-refractivity contribution in [2.45, 2.75) is 49.1 Å². The Bertz CT molecular complexity index is 1590. The van der Waals surface area contributed by atoms with E-state index in [4.69, 9.17) is 18.9 Å². The average Bonchev–Trinajstić information content (AvgIpc) is 3.00. The van der Waals surface area contributed by atoms with Crippen molar-refractivity contribution in [3.05, 3.63) is 34.9 Å². The van der Waals surface area contributed by atoms with E-state index in [1.165, 1.54) is 0 Å². The lowest BCUT2D eigenvalue weighted by atomic mass is 9.76. The first-order valence-electron chi connectivity index (χ1n) is 13.2. The van der Waals surface area contributed by atoms with Gasteiger partial charge in [0.2, 0.25) is 18.1 Å². The van der Waals surface area contributed by atoms with E-state index in [0.717, 1.165) is 0 Å². The zero-order valence-electron chi connectivity index (χ0n) is 23.4. The third-order valence-electron chi connectivity index (χ3n) is 7.38. The van der Waals surface area contributed by atoms with Crippen molar-refractivity contribution in [2.24, 2.45) is 5.92 Å². The molecule has 2 aromatic carbocycles. The molecule has 20 nitrogen and oxygen atoms in total. The number of rotatable bonds is 9. The van der Waals surface area contributed by atoms with E-state index in [-0.39, 0.29) is 0 Å². The average molecular weight is 670 g/mol. The van der Waals surface area contributed by atoms with Gasteiger partial charge in [-0.05, 0) is 18.2 Å². The topological polar surface area (TPSA) is 345 Å². The van der Waals surface area contributed by atoms with Gasteiger partial charge in [-0.2, -0.15) is 0 Å². The molecule has 8 atom stereocenters.